The van der Waals surface area contributed by atoms with Crippen LogP contribution in [0.1, 0.15) is 12.8 Å². The second-order valence-corrected chi connectivity index (χ2v) is 4.24. The third-order valence-electron chi connectivity index (χ3n) is 2.37. The zero-order valence-electron chi connectivity index (χ0n) is 9.27. The van der Waals surface area contributed by atoms with Crippen LogP contribution in [0.25, 0.3) is 0 Å². The molecule has 1 fully saturated rings. The van der Waals surface area contributed by atoms with Gasteiger partial charge >= 0.3 is 0 Å². The molecule has 0 aliphatic heterocycles. The van der Waals surface area contributed by atoms with E-state index in [1.54, 1.807) is 4.68 Å². The first-order valence-electron chi connectivity index (χ1n) is 5.27. The van der Waals surface area contributed by atoms with Crippen LogP contribution in [-0.4, -0.2) is 46.3 Å². The van der Waals surface area contributed by atoms with E-state index >= 15 is 0 Å². The minimum absolute atomic E-state index is 0.486. The molecule has 1 heterocycles. The van der Waals surface area contributed by atoms with Gasteiger partial charge in [-0.05, 0) is 26.9 Å². The smallest absolute Gasteiger partial charge is 0.244 e. The summed E-state index contributed by atoms with van der Waals surface area (Å²) >= 11 is 0. The average molecular weight is 210 g/mol. The number of nitrogen functional groups attached to an aromatic ring is 1. The van der Waals surface area contributed by atoms with Crippen LogP contribution in [-0.2, 0) is 6.54 Å². The van der Waals surface area contributed by atoms with Gasteiger partial charge < -0.3 is 16.0 Å². The second-order valence-electron chi connectivity index (χ2n) is 4.24. The first-order valence-corrected chi connectivity index (χ1v) is 5.27. The number of aromatic nitrogens is 3. The molecule has 6 heteroatoms. The molecule has 3 N–H and O–H groups in total. The van der Waals surface area contributed by atoms with Crippen LogP contribution >= 0.6 is 0 Å². The Labute approximate surface area is 89.5 Å². The van der Waals surface area contributed by atoms with Gasteiger partial charge in [0.1, 0.15) is 0 Å². The fourth-order valence-electron chi connectivity index (χ4n) is 1.28. The van der Waals surface area contributed by atoms with E-state index in [0.717, 1.165) is 13.1 Å². The summed E-state index contributed by atoms with van der Waals surface area (Å²) in [5, 5.41) is 7.53. The Balaban J connectivity index is 1.94. The van der Waals surface area contributed by atoms with E-state index in [0.29, 0.717) is 17.9 Å². The first kappa shape index (κ1) is 10.2. The molecule has 0 aromatic carbocycles. The Hall–Kier alpha value is -1.30. The van der Waals surface area contributed by atoms with Gasteiger partial charge in [0.05, 0.1) is 6.54 Å². The lowest BCUT2D eigenvalue weighted by Crippen LogP contribution is -2.20. The number of nitrogens with two attached hydrogens (primary N) is 1. The fourth-order valence-corrected chi connectivity index (χ4v) is 1.28. The molecule has 0 spiro atoms. The molecule has 6 nitrogen and oxygen atoms in total. The lowest BCUT2D eigenvalue weighted by molar-refractivity contribution is 0.375. The van der Waals surface area contributed by atoms with Crippen molar-refractivity contribution < 1.29 is 0 Å². The number of anilines is 2. The summed E-state index contributed by atoms with van der Waals surface area (Å²) in [6.07, 6.45) is 2.43. The predicted octanol–water partition coefficient (Wildman–Crippen LogP) is -0.00380. The number of hydrogen-bond acceptors (Lipinski definition) is 5. The summed E-state index contributed by atoms with van der Waals surface area (Å²) in [5.74, 6) is 1.15. The molecule has 84 valence electrons. The summed E-state index contributed by atoms with van der Waals surface area (Å²) < 4.78 is 1.74. The van der Waals surface area contributed by atoms with Gasteiger partial charge in [0, 0.05) is 12.6 Å². The van der Waals surface area contributed by atoms with E-state index in [4.69, 9.17) is 5.73 Å². The van der Waals surface area contributed by atoms with Crippen LogP contribution < -0.4 is 11.1 Å². The van der Waals surface area contributed by atoms with Gasteiger partial charge in [0.2, 0.25) is 11.9 Å². The number of rotatable bonds is 5. The fraction of sp³-hybridized carbons (Fsp3) is 0.778. The highest BCUT2D eigenvalue weighted by atomic mass is 15.4. The molecule has 0 saturated heterocycles. The van der Waals surface area contributed by atoms with Gasteiger partial charge in [0.25, 0.3) is 0 Å². The molecule has 2 rings (SSSR count). The molecule has 1 aliphatic carbocycles. The zero-order chi connectivity index (χ0) is 10.8. The maximum atomic E-state index is 5.75. The highest BCUT2D eigenvalue weighted by Crippen LogP contribution is 2.23. The Morgan fingerprint density at radius 2 is 2.27 bits per heavy atom. The van der Waals surface area contributed by atoms with Gasteiger partial charge in [-0.15, -0.1) is 5.10 Å². The first-order chi connectivity index (χ1) is 7.15. The molecule has 0 atom stereocenters. The van der Waals surface area contributed by atoms with E-state index in [-0.39, 0.29) is 0 Å². The normalized spacial score (nSPS) is 15.9. The van der Waals surface area contributed by atoms with Crippen molar-refractivity contribution in [3.05, 3.63) is 0 Å². The highest BCUT2D eigenvalue weighted by Gasteiger charge is 2.22. The topological polar surface area (TPSA) is 72.0 Å². The quantitative estimate of drug-likeness (QED) is 0.715. The molecule has 0 radical (unpaired) electrons. The van der Waals surface area contributed by atoms with Gasteiger partial charge in [-0.1, -0.05) is 0 Å². The third-order valence-corrected chi connectivity index (χ3v) is 2.37. The Bertz CT molecular complexity index is 327. The van der Waals surface area contributed by atoms with E-state index in [1.807, 2.05) is 14.1 Å². The molecule has 0 amide bonds. The van der Waals surface area contributed by atoms with E-state index in [9.17, 15) is 0 Å². The van der Waals surface area contributed by atoms with Crippen molar-refractivity contribution in [3.63, 3.8) is 0 Å². The van der Waals surface area contributed by atoms with Crippen LogP contribution in [0.15, 0.2) is 0 Å². The summed E-state index contributed by atoms with van der Waals surface area (Å²) in [4.78, 5) is 6.26. The molecule has 1 aromatic rings. The molecule has 1 aliphatic rings. The molecular formula is C9H18N6. The number of hydrogen-bond donors (Lipinski definition) is 2. The lowest BCUT2D eigenvalue weighted by atomic mass is 10.6. The molecule has 1 saturated carbocycles. The Morgan fingerprint density at radius 1 is 1.53 bits per heavy atom. The summed E-state index contributed by atoms with van der Waals surface area (Å²) in [6, 6.07) is 0.564. The second kappa shape index (κ2) is 4.06. The molecule has 15 heavy (non-hydrogen) atoms. The summed E-state index contributed by atoms with van der Waals surface area (Å²) in [7, 11) is 4.05. The van der Waals surface area contributed by atoms with Crippen LogP contribution in [0, 0.1) is 0 Å². The van der Waals surface area contributed by atoms with Crippen molar-refractivity contribution in [1.29, 1.82) is 0 Å². The van der Waals surface area contributed by atoms with Gasteiger partial charge in [-0.2, -0.15) is 4.98 Å². The molecule has 1 aromatic heterocycles. The number of nitrogens with one attached hydrogen (secondary N) is 1. The molecular weight excluding hydrogens is 192 g/mol. The summed E-state index contributed by atoms with van der Waals surface area (Å²) in [5.41, 5.74) is 5.75. The summed E-state index contributed by atoms with van der Waals surface area (Å²) in [6.45, 7) is 1.69. The van der Waals surface area contributed by atoms with Crippen molar-refractivity contribution >= 4 is 11.9 Å². The van der Waals surface area contributed by atoms with E-state index in [1.165, 1.54) is 12.8 Å². The predicted molar refractivity (Wildman–Crippen MR) is 59.6 cm³/mol. The minimum atomic E-state index is 0.486. The van der Waals surface area contributed by atoms with Crippen molar-refractivity contribution in [2.24, 2.45) is 0 Å². The Kier molecular flexibility index (Phi) is 2.77. The monoisotopic (exact) mass is 210 g/mol. The SMILES string of the molecule is CN(C)CCn1nc(NC2CC2)nc1N. The van der Waals surface area contributed by atoms with Crippen LogP contribution in [0.4, 0.5) is 11.9 Å². The maximum Gasteiger partial charge on any atom is 0.244 e. The van der Waals surface area contributed by atoms with Crippen LogP contribution in [0.5, 0.6) is 0 Å². The number of nitrogens with zero attached hydrogens (tertiary/aromatic N) is 4. The van der Waals surface area contributed by atoms with E-state index < -0.39 is 0 Å². The number of likely N-dealkylation sites (N-methyl/N-ethyl adjacent to an activating group) is 1. The van der Waals surface area contributed by atoms with Gasteiger partial charge in [-0.3, -0.25) is 0 Å². The van der Waals surface area contributed by atoms with Crippen LogP contribution in [0.2, 0.25) is 0 Å². The average Bonchev–Trinajstić information content (AvgIpc) is 2.88. The molecule has 0 unspecified atom stereocenters. The van der Waals surface area contributed by atoms with Crippen molar-refractivity contribution in [1.82, 2.24) is 19.7 Å². The van der Waals surface area contributed by atoms with Crippen molar-refractivity contribution in [2.75, 3.05) is 31.7 Å². The minimum Gasteiger partial charge on any atom is -0.368 e. The zero-order valence-corrected chi connectivity index (χ0v) is 9.27. The van der Waals surface area contributed by atoms with E-state index in [2.05, 4.69) is 20.3 Å². The molecule has 0 bridgehead atoms. The van der Waals surface area contributed by atoms with Crippen molar-refractivity contribution in [2.45, 2.75) is 25.4 Å². The largest absolute Gasteiger partial charge is 0.368 e. The van der Waals surface area contributed by atoms with Crippen molar-refractivity contribution in [3.8, 4) is 0 Å². The highest BCUT2D eigenvalue weighted by molar-refractivity contribution is 5.33. The standard InChI is InChI=1S/C9H18N6/c1-14(2)5-6-15-8(10)12-9(13-15)11-7-3-4-7/h7H,3-6H2,1-2H3,(H3,10,11,12,13). The van der Waals surface area contributed by atoms with Gasteiger partial charge in [-0.25, -0.2) is 4.68 Å². The van der Waals surface area contributed by atoms with Crippen LogP contribution in [0.3, 0.4) is 0 Å². The van der Waals surface area contributed by atoms with Gasteiger partial charge in [0.15, 0.2) is 0 Å². The lowest BCUT2D eigenvalue weighted by Gasteiger charge is -2.08. The maximum absolute atomic E-state index is 5.75. The Morgan fingerprint density at radius 3 is 2.87 bits per heavy atom. The third kappa shape index (κ3) is 2.82.